The summed E-state index contributed by atoms with van der Waals surface area (Å²) in [6, 6.07) is 15.9. The molecular weight excluding hydrogens is 344 g/mol. The Morgan fingerprint density at radius 3 is 2.33 bits per heavy atom. The van der Waals surface area contributed by atoms with E-state index in [0.717, 1.165) is 6.42 Å². The number of carbonyl (C=O) groups is 3. The molecule has 3 atom stereocenters. The van der Waals surface area contributed by atoms with Crippen LogP contribution in [0.3, 0.4) is 0 Å². The van der Waals surface area contributed by atoms with E-state index in [-0.39, 0.29) is 29.5 Å². The van der Waals surface area contributed by atoms with Crippen LogP contribution in [0.5, 0.6) is 0 Å². The molecule has 27 heavy (non-hydrogen) atoms. The third kappa shape index (κ3) is 3.56. The number of nitrogens with zero attached hydrogens (tertiary/aromatic N) is 1. The minimum Gasteiger partial charge on any atom is -0.478 e. The Labute approximate surface area is 156 Å². The zero-order chi connectivity index (χ0) is 19.0. The predicted molar refractivity (Wildman–Crippen MR) is 98.6 cm³/mol. The van der Waals surface area contributed by atoms with Crippen LogP contribution >= 0.6 is 0 Å². The second-order valence-corrected chi connectivity index (χ2v) is 7.12. The molecule has 3 unspecified atom stereocenters. The van der Waals surface area contributed by atoms with Gasteiger partial charge in [-0.25, -0.2) is 4.79 Å². The number of hydrogen-bond acceptors (Lipinski definition) is 3. The van der Waals surface area contributed by atoms with E-state index < -0.39 is 5.97 Å². The van der Waals surface area contributed by atoms with Crippen molar-refractivity contribution in [2.24, 2.45) is 0 Å². The summed E-state index contributed by atoms with van der Waals surface area (Å²) in [5.41, 5.74) is 1.77. The Hall–Kier alpha value is -3.15. The van der Waals surface area contributed by atoms with Crippen molar-refractivity contribution in [3.63, 3.8) is 0 Å². The number of rotatable bonds is 5. The molecule has 2 aromatic carbocycles. The molecule has 0 aromatic heterocycles. The first-order chi connectivity index (χ1) is 13.0. The van der Waals surface area contributed by atoms with Gasteiger partial charge >= 0.3 is 5.97 Å². The lowest BCUT2D eigenvalue weighted by Crippen LogP contribution is -2.37. The molecule has 6 nitrogen and oxygen atoms in total. The molecule has 2 N–H and O–H groups in total. The maximum absolute atomic E-state index is 12.4. The lowest BCUT2D eigenvalue weighted by Gasteiger charge is -2.17. The van der Waals surface area contributed by atoms with Gasteiger partial charge in [-0.1, -0.05) is 30.3 Å². The van der Waals surface area contributed by atoms with Crippen LogP contribution in [-0.2, 0) is 4.79 Å². The maximum atomic E-state index is 12.4. The molecule has 1 aliphatic carbocycles. The van der Waals surface area contributed by atoms with E-state index in [1.54, 1.807) is 0 Å². The van der Waals surface area contributed by atoms with E-state index in [1.807, 2.05) is 23.1 Å². The Morgan fingerprint density at radius 2 is 1.67 bits per heavy atom. The number of nitrogens with one attached hydrogen (secondary N) is 1. The topological polar surface area (TPSA) is 86.7 Å². The Kier molecular flexibility index (Phi) is 4.39. The number of amides is 2. The zero-order valence-corrected chi connectivity index (χ0v) is 14.7. The van der Waals surface area contributed by atoms with Gasteiger partial charge in [0.25, 0.3) is 5.91 Å². The second kappa shape index (κ2) is 6.87. The third-order valence-electron chi connectivity index (χ3n) is 5.27. The normalized spacial score (nSPS) is 23.9. The summed E-state index contributed by atoms with van der Waals surface area (Å²) in [6.45, 7) is 0.520. The van der Waals surface area contributed by atoms with Crippen molar-refractivity contribution in [2.75, 3.05) is 6.54 Å². The Bertz CT molecular complexity index is 879. The molecule has 2 aliphatic rings. The molecule has 1 saturated heterocycles. The fourth-order valence-electron chi connectivity index (χ4n) is 3.77. The van der Waals surface area contributed by atoms with Crippen molar-refractivity contribution in [1.82, 2.24) is 10.2 Å². The van der Waals surface area contributed by atoms with E-state index in [0.29, 0.717) is 24.4 Å². The smallest absolute Gasteiger partial charge is 0.335 e. The minimum atomic E-state index is -1.03. The molecule has 2 amide bonds. The average Bonchev–Trinajstić information content (AvgIpc) is 3.39. The van der Waals surface area contributed by atoms with Gasteiger partial charge < -0.3 is 15.3 Å². The van der Waals surface area contributed by atoms with Crippen LogP contribution < -0.4 is 5.32 Å². The van der Waals surface area contributed by atoms with Gasteiger partial charge in [0.2, 0.25) is 5.91 Å². The van der Waals surface area contributed by atoms with Crippen LogP contribution in [-0.4, -0.2) is 46.4 Å². The molecule has 0 bridgehead atoms. The van der Waals surface area contributed by atoms with E-state index >= 15 is 0 Å². The number of hydrogen-bond donors (Lipinski definition) is 2. The molecule has 4 rings (SSSR count). The molecule has 0 radical (unpaired) electrons. The van der Waals surface area contributed by atoms with Gasteiger partial charge in [-0.15, -0.1) is 0 Å². The summed E-state index contributed by atoms with van der Waals surface area (Å²) in [4.78, 5) is 37.5. The monoisotopic (exact) mass is 364 g/mol. The summed E-state index contributed by atoms with van der Waals surface area (Å²) >= 11 is 0. The standard InChI is InChI=1S/C21H20N2O4/c24-19-10-16(22-20(25)14-6-8-15(9-7-14)21(26)27)12-23(19)18-11-17(18)13-4-2-1-3-5-13/h1-9,16-18H,10-12H2,(H,22,25)(H,26,27). The molecule has 6 heteroatoms. The van der Waals surface area contributed by atoms with Crippen molar-refractivity contribution in [3.05, 3.63) is 71.3 Å². The van der Waals surface area contributed by atoms with Crippen LogP contribution in [0, 0.1) is 0 Å². The first-order valence-electron chi connectivity index (χ1n) is 9.01. The number of carboxylic acids is 1. The molecule has 2 fully saturated rings. The molecule has 2 aromatic rings. The fraction of sp³-hybridized carbons (Fsp3) is 0.286. The Morgan fingerprint density at radius 1 is 1.00 bits per heavy atom. The first-order valence-corrected chi connectivity index (χ1v) is 9.01. The minimum absolute atomic E-state index is 0.0740. The molecule has 1 heterocycles. The SMILES string of the molecule is O=C(O)c1ccc(C(=O)NC2CC(=O)N(C3CC3c3ccccc3)C2)cc1. The van der Waals surface area contributed by atoms with E-state index in [2.05, 4.69) is 17.4 Å². The van der Waals surface area contributed by atoms with Crippen molar-refractivity contribution in [1.29, 1.82) is 0 Å². The molecule has 138 valence electrons. The van der Waals surface area contributed by atoms with Crippen LogP contribution in [0.2, 0.25) is 0 Å². The highest BCUT2D eigenvalue weighted by Gasteiger charge is 2.47. The summed E-state index contributed by atoms with van der Waals surface area (Å²) < 4.78 is 0. The highest BCUT2D eigenvalue weighted by Crippen LogP contribution is 2.45. The molecule has 0 spiro atoms. The number of aromatic carboxylic acids is 1. The zero-order valence-electron chi connectivity index (χ0n) is 14.7. The van der Waals surface area contributed by atoms with Crippen LogP contribution in [0.15, 0.2) is 54.6 Å². The van der Waals surface area contributed by atoms with Crippen LogP contribution in [0.1, 0.15) is 45.0 Å². The quantitative estimate of drug-likeness (QED) is 0.852. The number of carbonyl (C=O) groups excluding carboxylic acids is 2. The molecular formula is C21H20N2O4. The Balaban J connectivity index is 1.35. The summed E-state index contributed by atoms with van der Waals surface area (Å²) in [7, 11) is 0. The summed E-state index contributed by atoms with van der Waals surface area (Å²) in [5.74, 6) is -0.864. The molecule has 1 aliphatic heterocycles. The fourth-order valence-corrected chi connectivity index (χ4v) is 3.77. The predicted octanol–water partition coefficient (Wildman–Crippen LogP) is 2.27. The van der Waals surface area contributed by atoms with E-state index in [9.17, 15) is 14.4 Å². The van der Waals surface area contributed by atoms with Gasteiger partial charge in [-0.3, -0.25) is 9.59 Å². The van der Waals surface area contributed by atoms with E-state index in [4.69, 9.17) is 5.11 Å². The first kappa shape index (κ1) is 17.3. The molecule has 1 saturated carbocycles. The van der Waals surface area contributed by atoms with Crippen LogP contribution in [0.4, 0.5) is 0 Å². The van der Waals surface area contributed by atoms with Gasteiger partial charge in [0.05, 0.1) is 11.6 Å². The van der Waals surface area contributed by atoms with Crippen molar-refractivity contribution in [3.8, 4) is 0 Å². The van der Waals surface area contributed by atoms with Crippen molar-refractivity contribution in [2.45, 2.75) is 30.8 Å². The summed E-state index contributed by atoms with van der Waals surface area (Å²) in [5, 5.41) is 11.8. The van der Waals surface area contributed by atoms with Gasteiger partial charge in [0.15, 0.2) is 0 Å². The number of likely N-dealkylation sites (tertiary alicyclic amines) is 1. The second-order valence-electron chi connectivity index (χ2n) is 7.12. The van der Waals surface area contributed by atoms with Gasteiger partial charge in [0, 0.05) is 30.5 Å². The number of benzene rings is 2. The lowest BCUT2D eigenvalue weighted by molar-refractivity contribution is -0.128. The highest BCUT2D eigenvalue weighted by atomic mass is 16.4. The lowest BCUT2D eigenvalue weighted by atomic mass is 10.1. The third-order valence-corrected chi connectivity index (χ3v) is 5.27. The van der Waals surface area contributed by atoms with Crippen LogP contribution in [0.25, 0.3) is 0 Å². The average molecular weight is 364 g/mol. The number of carboxylic acid groups (broad SMARTS) is 1. The summed E-state index contributed by atoms with van der Waals surface area (Å²) in [6.07, 6.45) is 1.27. The van der Waals surface area contributed by atoms with Gasteiger partial charge in [-0.05, 0) is 36.2 Å². The highest BCUT2D eigenvalue weighted by molar-refractivity contribution is 5.96. The largest absolute Gasteiger partial charge is 0.478 e. The van der Waals surface area contributed by atoms with Crippen molar-refractivity contribution >= 4 is 17.8 Å². The van der Waals surface area contributed by atoms with Gasteiger partial charge in [-0.2, -0.15) is 0 Å². The maximum Gasteiger partial charge on any atom is 0.335 e. The van der Waals surface area contributed by atoms with Crippen molar-refractivity contribution < 1.29 is 19.5 Å². The van der Waals surface area contributed by atoms with Gasteiger partial charge in [0.1, 0.15) is 0 Å². The van der Waals surface area contributed by atoms with E-state index in [1.165, 1.54) is 29.8 Å².